The van der Waals surface area contributed by atoms with Crippen molar-refractivity contribution in [2.75, 3.05) is 7.11 Å². The molecular weight excluding hydrogens is 282 g/mol. The zero-order valence-electron chi connectivity index (χ0n) is 13.4. The monoisotopic (exact) mass is 305 g/mol. The highest BCUT2D eigenvalue weighted by molar-refractivity contribution is 5.88. The molecule has 1 aliphatic carbocycles. The Bertz CT molecular complexity index is 565. The molecule has 0 spiro atoms. The molecule has 1 amide bonds. The van der Waals surface area contributed by atoms with E-state index in [2.05, 4.69) is 5.32 Å². The summed E-state index contributed by atoms with van der Waals surface area (Å²) in [5.41, 5.74) is 1.80. The van der Waals surface area contributed by atoms with Crippen LogP contribution in [0.4, 0.5) is 0 Å². The number of hydrogen-bond donors (Lipinski definition) is 2. The minimum Gasteiger partial charge on any atom is -0.497 e. The Morgan fingerprint density at radius 3 is 2.23 bits per heavy atom. The molecule has 5 nitrogen and oxygen atoms in total. The summed E-state index contributed by atoms with van der Waals surface area (Å²) in [7, 11) is 1.61. The van der Waals surface area contributed by atoms with Gasteiger partial charge in [0.2, 0.25) is 5.91 Å². The van der Waals surface area contributed by atoms with Crippen LogP contribution < -0.4 is 10.1 Å². The minimum absolute atomic E-state index is 0.191. The molecule has 2 N–H and O–H groups in total. The van der Waals surface area contributed by atoms with Crippen molar-refractivity contribution in [3.63, 3.8) is 0 Å². The zero-order valence-corrected chi connectivity index (χ0v) is 13.4. The number of carboxylic acids is 1. The van der Waals surface area contributed by atoms with E-state index in [1.807, 2.05) is 26.0 Å². The molecule has 0 unspecified atom stereocenters. The van der Waals surface area contributed by atoms with Crippen molar-refractivity contribution >= 4 is 11.9 Å². The first-order valence-electron chi connectivity index (χ1n) is 7.56. The fourth-order valence-electron chi connectivity index (χ4n) is 3.19. The minimum atomic E-state index is -1.08. The van der Waals surface area contributed by atoms with Gasteiger partial charge < -0.3 is 15.2 Å². The summed E-state index contributed by atoms with van der Waals surface area (Å²) in [6.07, 6.45) is 2.89. The molecule has 0 aliphatic heterocycles. The van der Waals surface area contributed by atoms with Crippen LogP contribution in [0.5, 0.6) is 5.75 Å². The third kappa shape index (κ3) is 3.24. The van der Waals surface area contributed by atoms with Gasteiger partial charge in [0.25, 0.3) is 0 Å². The molecule has 2 rings (SSSR count). The summed E-state index contributed by atoms with van der Waals surface area (Å²) in [6, 6.07) is 3.77. The van der Waals surface area contributed by atoms with Crippen LogP contribution in [0.1, 0.15) is 42.4 Å². The lowest BCUT2D eigenvalue weighted by Gasteiger charge is -2.25. The van der Waals surface area contributed by atoms with Gasteiger partial charge in [0, 0.05) is 0 Å². The van der Waals surface area contributed by atoms with Gasteiger partial charge in [0.05, 0.1) is 13.5 Å². The maximum atomic E-state index is 12.3. The van der Waals surface area contributed by atoms with Gasteiger partial charge >= 0.3 is 5.97 Å². The number of aryl methyl sites for hydroxylation is 2. The SMILES string of the molecule is COc1cc(C)c(CC(=O)NC2(C(=O)O)CCCC2)c(C)c1. The normalized spacial score (nSPS) is 16.3. The molecule has 1 aromatic rings. The smallest absolute Gasteiger partial charge is 0.329 e. The number of ether oxygens (including phenoxy) is 1. The first-order valence-corrected chi connectivity index (χ1v) is 7.56. The zero-order chi connectivity index (χ0) is 16.3. The summed E-state index contributed by atoms with van der Waals surface area (Å²) in [5, 5.41) is 12.2. The van der Waals surface area contributed by atoms with E-state index in [0.29, 0.717) is 12.8 Å². The average Bonchev–Trinajstić information content (AvgIpc) is 2.92. The fraction of sp³-hybridized carbons (Fsp3) is 0.529. The van der Waals surface area contributed by atoms with Crippen LogP contribution >= 0.6 is 0 Å². The van der Waals surface area contributed by atoms with Gasteiger partial charge in [-0.3, -0.25) is 4.79 Å². The quantitative estimate of drug-likeness (QED) is 0.875. The highest BCUT2D eigenvalue weighted by atomic mass is 16.5. The Hall–Kier alpha value is -2.04. The molecule has 1 fully saturated rings. The molecule has 22 heavy (non-hydrogen) atoms. The number of carbonyl (C=O) groups excluding carboxylic acids is 1. The van der Waals surface area contributed by atoms with Gasteiger partial charge in [-0.15, -0.1) is 0 Å². The molecule has 120 valence electrons. The molecular formula is C17H23NO4. The average molecular weight is 305 g/mol. The number of rotatable bonds is 5. The summed E-state index contributed by atoms with van der Waals surface area (Å²) in [5.74, 6) is -0.404. The van der Waals surface area contributed by atoms with Gasteiger partial charge in [-0.1, -0.05) is 12.8 Å². The molecule has 0 saturated heterocycles. The van der Waals surface area contributed by atoms with Crippen molar-refractivity contribution in [2.24, 2.45) is 0 Å². The lowest BCUT2D eigenvalue weighted by atomic mass is 9.95. The molecule has 0 heterocycles. The number of carboxylic acid groups (broad SMARTS) is 1. The highest BCUT2D eigenvalue weighted by Gasteiger charge is 2.42. The Morgan fingerprint density at radius 1 is 1.23 bits per heavy atom. The van der Waals surface area contributed by atoms with Crippen molar-refractivity contribution < 1.29 is 19.4 Å². The van der Waals surface area contributed by atoms with E-state index >= 15 is 0 Å². The van der Waals surface area contributed by atoms with Gasteiger partial charge in [-0.2, -0.15) is 0 Å². The maximum Gasteiger partial charge on any atom is 0.329 e. The third-order valence-electron chi connectivity index (χ3n) is 4.49. The van der Waals surface area contributed by atoms with Crippen molar-refractivity contribution in [1.82, 2.24) is 5.32 Å². The van der Waals surface area contributed by atoms with E-state index in [1.165, 1.54) is 0 Å². The van der Waals surface area contributed by atoms with Crippen LogP contribution in [-0.2, 0) is 16.0 Å². The molecule has 1 saturated carbocycles. The standard InChI is InChI=1S/C17H23NO4/c1-11-8-13(22-3)9-12(2)14(11)10-15(19)18-17(16(20)21)6-4-5-7-17/h8-9H,4-7,10H2,1-3H3,(H,18,19)(H,20,21). The van der Waals surface area contributed by atoms with Crippen LogP contribution in [0.25, 0.3) is 0 Å². The summed E-state index contributed by atoms with van der Waals surface area (Å²) in [4.78, 5) is 23.8. The van der Waals surface area contributed by atoms with Gasteiger partial charge in [0.1, 0.15) is 11.3 Å². The van der Waals surface area contributed by atoms with Crippen LogP contribution in [0, 0.1) is 13.8 Å². The Labute approximate surface area is 130 Å². The first-order chi connectivity index (χ1) is 10.4. The van der Waals surface area contributed by atoms with Crippen molar-refractivity contribution in [3.05, 3.63) is 28.8 Å². The Kier molecular flexibility index (Phi) is 4.74. The van der Waals surface area contributed by atoms with E-state index in [9.17, 15) is 14.7 Å². The van der Waals surface area contributed by atoms with E-state index in [-0.39, 0.29) is 12.3 Å². The van der Waals surface area contributed by atoms with Crippen molar-refractivity contribution in [2.45, 2.75) is 51.5 Å². The molecule has 0 bridgehead atoms. The maximum absolute atomic E-state index is 12.3. The summed E-state index contributed by atoms with van der Waals surface area (Å²) < 4.78 is 5.21. The summed E-state index contributed by atoms with van der Waals surface area (Å²) >= 11 is 0. The number of aliphatic carboxylic acids is 1. The second-order valence-electron chi connectivity index (χ2n) is 6.06. The molecule has 0 radical (unpaired) electrons. The number of carbonyl (C=O) groups is 2. The Balaban J connectivity index is 2.14. The van der Waals surface area contributed by atoms with E-state index in [1.54, 1.807) is 7.11 Å². The highest BCUT2D eigenvalue weighted by Crippen LogP contribution is 2.30. The molecule has 0 atom stereocenters. The Morgan fingerprint density at radius 2 is 1.77 bits per heavy atom. The third-order valence-corrected chi connectivity index (χ3v) is 4.49. The predicted molar refractivity (Wildman–Crippen MR) is 83.1 cm³/mol. The second kappa shape index (κ2) is 6.38. The summed E-state index contributed by atoms with van der Waals surface area (Å²) in [6.45, 7) is 3.86. The van der Waals surface area contributed by atoms with E-state index in [4.69, 9.17) is 4.74 Å². The number of amides is 1. The predicted octanol–water partition coefficient (Wildman–Crippen LogP) is 2.37. The van der Waals surface area contributed by atoms with Crippen LogP contribution in [0.2, 0.25) is 0 Å². The molecule has 5 heteroatoms. The molecule has 0 aromatic heterocycles. The van der Waals surface area contributed by atoms with Gasteiger partial charge in [0.15, 0.2) is 0 Å². The van der Waals surface area contributed by atoms with Gasteiger partial charge in [-0.05, 0) is 55.5 Å². The number of hydrogen-bond acceptors (Lipinski definition) is 3. The lowest BCUT2D eigenvalue weighted by molar-refractivity contribution is -0.147. The van der Waals surface area contributed by atoms with Crippen LogP contribution in [0.3, 0.4) is 0 Å². The second-order valence-corrected chi connectivity index (χ2v) is 6.06. The number of methoxy groups -OCH3 is 1. The number of benzene rings is 1. The lowest BCUT2D eigenvalue weighted by Crippen LogP contribution is -2.53. The van der Waals surface area contributed by atoms with Crippen LogP contribution in [-0.4, -0.2) is 29.6 Å². The first kappa shape index (κ1) is 16.3. The topological polar surface area (TPSA) is 75.6 Å². The van der Waals surface area contributed by atoms with Crippen molar-refractivity contribution in [3.8, 4) is 5.75 Å². The van der Waals surface area contributed by atoms with Crippen LogP contribution in [0.15, 0.2) is 12.1 Å². The van der Waals surface area contributed by atoms with E-state index in [0.717, 1.165) is 35.3 Å². The van der Waals surface area contributed by atoms with E-state index < -0.39 is 11.5 Å². The van der Waals surface area contributed by atoms with Gasteiger partial charge in [-0.25, -0.2) is 4.79 Å². The molecule has 1 aromatic carbocycles. The largest absolute Gasteiger partial charge is 0.497 e. The van der Waals surface area contributed by atoms with Crippen molar-refractivity contribution in [1.29, 1.82) is 0 Å². The molecule has 1 aliphatic rings. The fourth-order valence-corrected chi connectivity index (χ4v) is 3.19. The number of nitrogens with one attached hydrogen (secondary N) is 1.